The third kappa shape index (κ3) is 3.51. The van der Waals surface area contributed by atoms with Crippen LogP contribution in [0.4, 0.5) is 11.4 Å². The largest absolute Gasteiger partial charge is 0.496 e. The van der Waals surface area contributed by atoms with Crippen molar-refractivity contribution in [2.75, 3.05) is 12.4 Å². The Kier molecular flexibility index (Phi) is 4.42. The van der Waals surface area contributed by atoms with Gasteiger partial charge in [0, 0.05) is 29.4 Å². The molecule has 1 N–H and O–H groups in total. The smallest absolute Gasteiger partial charge is 0.274 e. The molecule has 0 aliphatic carbocycles. The number of hydrogen-bond acceptors (Lipinski definition) is 4. The molecule has 0 amide bonds. The quantitative estimate of drug-likeness (QED) is 0.670. The second-order valence-electron chi connectivity index (χ2n) is 4.93. The van der Waals surface area contributed by atoms with E-state index in [1.54, 1.807) is 26.2 Å². The zero-order valence-corrected chi connectivity index (χ0v) is 12.3. The van der Waals surface area contributed by atoms with Crippen molar-refractivity contribution >= 4 is 11.4 Å². The predicted molar refractivity (Wildman–Crippen MR) is 82.9 cm³/mol. The maximum atomic E-state index is 11.0. The van der Waals surface area contributed by atoms with E-state index in [0.29, 0.717) is 12.1 Å². The normalized spacial score (nSPS) is 10.2. The molecular formula is C16H18N2O3. The summed E-state index contributed by atoms with van der Waals surface area (Å²) in [4.78, 5) is 10.6. The summed E-state index contributed by atoms with van der Waals surface area (Å²) >= 11 is 0. The minimum atomic E-state index is -0.367. The fourth-order valence-electron chi connectivity index (χ4n) is 2.16. The molecule has 0 aliphatic rings. The monoisotopic (exact) mass is 286 g/mol. The summed E-state index contributed by atoms with van der Waals surface area (Å²) in [6.45, 7) is 4.29. The molecule has 21 heavy (non-hydrogen) atoms. The van der Waals surface area contributed by atoms with E-state index in [1.165, 1.54) is 0 Å². The lowest BCUT2D eigenvalue weighted by Gasteiger charge is -2.12. The van der Waals surface area contributed by atoms with E-state index in [9.17, 15) is 10.1 Å². The van der Waals surface area contributed by atoms with E-state index in [2.05, 4.69) is 5.32 Å². The molecule has 2 rings (SSSR count). The number of anilines is 1. The van der Waals surface area contributed by atoms with Crippen LogP contribution in [0.5, 0.6) is 5.75 Å². The molecular weight excluding hydrogens is 268 g/mol. The average molecular weight is 286 g/mol. The van der Waals surface area contributed by atoms with Crippen molar-refractivity contribution in [1.29, 1.82) is 0 Å². The van der Waals surface area contributed by atoms with Crippen LogP contribution in [-0.2, 0) is 6.54 Å². The minimum Gasteiger partial charge on any atom is -0.496 e. The number of nitro groups is 1. The van der Waals surface area contributed by atoms with E-state index in [4.69, 9.17) is 4.74 Å². The van der Waals surface area contributed by atoms with Gasteiger partial charge in [-0.15, -0.1) is 0 Å². The van der Waals surface area contributed by atoms with Crippen molar-refractivity contribution < 1.29 is 9.66 Å². The Hall–Kier alpha value is -2.56. The van der Waals surface area contributed by atoms with Gasteiger partial charge in [-0.25, -0.2) is 0 Å². The van der Waals surface area contributed by atoms with Crippen LogP contribution >= 0.6 is 0 Å². The van der Waals surface area contributed by atoms with E-state index in [0.717, 1.165) is 22.6 Å². The Labute approximate surface area is 123 Å². The fourth-order valence-corrected chi connectivity index (χ4v) is 2.16. The number of aryl methyl sites for hydroxylation is 2. The predicted octanol–water partition coefficient (Wildman–Crippen LogP) is 3.83. The van der Waals surface area contributed by atoms with Crippen LogP contribution in [0.1, 0.15) is 16.7 Å². The SMILES string of the molecule is COc1ccc(C)cc1CNc1ccc(C)c([N+](=O)[O-])c1. The molecule has 0 spiro atoms. The maximum absolute atomic E-state index is 11.0. The van der Waals surface area contributed by atoms with Crippen molar-refractivity contribution in [1.82, 2.24) is 0 Å². The maximum Gasteiger partial charge on any atom is 0.274 e. The number of ether oxygens (including phenoxy) is 1. The first-order chi connectivity index (χ1) is 10.0. The molecule has 0 unspecified atom stereocenters. The Bertz CT molecular complexity index is 669. The van der Waals surface area contributed by atoms with Crippen molar-refractivity contribution in [2.24, 2.45) is 0 Å². The van der Waals surface area contributed by atoms with Gasteiger partial charge in [-0.1, -0.05) is 23.8 Å². The number of hydrogen-bond donors (Lipinski definition) is 1. The molecule has 0 saturated heterocycles. The zero-order chi connectivity index (χ0) is 15.4. The Balaban J connectivity index is 2.19. The molecule has 0 saturated carbocycles. The Morgan fingerprint density at radius 2 is 1.95 bits per heavy atom. The summed E-state index contributed by atoms with van der Waals surface area (Å²) < 4.78 is 5.32. The topological polar surface area (TPSA) is 64.4 Å². The van der Waals surface area contributed by atoms with Gasteiger partial charge >= 0.3 is 0 Å². The van der Waals surface area contributed by atoms with Crippen molar-refractivity contribution in [3.05, 3.63) is 63.2 Å². The molecule has 0 radical (unpaired) electrons. The summed E-state index contributed by atoms with van der Waals surface area (Å²) in [5.41, 5.74) is 3.65. The second kappa shape index (κ2) is 6.26. The molecule has 0 bridgehead atoms. The van der Waals surface area contributed by atoms with E-state index >= 15 is 0 Å². The number of nitro benzene ring substituents is 1. The van der Waals surface area contributed by atoms with Crippen LogP contribution in [-0.4, -0.2) is 12.0 Å². The molecule has 5 nitrogen and oxygen atoms in total. The van der Waals surface area contributed by atoms with Gasteiger partial charge in [0.05, 0.1) is 12.0 Å². The Morgan fingerprint density at radius 1 is 1.19 bits per heavy atom. The van der Waals surface area contributed by atoms with E-state index in [1.807, 2.05) is 31.2 Å². The van der Waals surface area contributed by atoms with Gasteiger partial charge in [-0.3, -0.25) is 10.1 Å². The van der Waals surface area contributed by atoms with Gasteiger partial charge in [0.2, 0.25) is 0 Å². The summed E-state index contributed by atoms with van der Waals surface area (Å²) in [6, 6.07) is 11.1. The lowest BCUT2D eigenvalue weighted by molar-refractivity contribution is -0.385. The number of benzene rings is 2. The van der Waals surface area contributed by atoms with Gasteiger partial charge in [-0.05, 0) is 26.0 Å². The number of rotatable bonds is 5. The lowest BCUT2D eigenvalue weighted by Crippen LogP contribution is -2.03. The number of nitrogens with one attached hydrogen (secondary N) is 1. The van der Waals surface area contributed by atoms with Crippen molar-refractivity contribution in [3.8, 4) is 5.75 Å². The zero-order valence-electron chi connectivity index (χ0n) is 12.3. The van der Waals surface area contributed by atoms with Crippen LogP contribution in [0.25, 0.3) is 0 Å². The van der Waals surface area contributed by atoms with Crippen LogP contribution in [0.15, 0.2) is 36.4 Å². The standard InChI is InChI=1S/C16H18N2O3/c1-11-4-7-16(21-3)13(8-11)10-17-14-6-5-12(2)15(9-14)18(19)20/h4-9,17H,10H2,1-3H3. The number of nitrogens with zero attached hydrogens (tertiary/aromatic N) is 1. The van der Waals surface area contributed by atoms with Crippen molar-refractivity contribution in [3.63, 3.8) is 0 Å². The van der Waals surface area contributed by atoms with Gasteiger partial charge in [-0.2, -0.15) is 0 Å². The molecule has 0 aliphatic heterocycles. The van der Waals surface area contributed by atoms with Crippen molar-refractivity contribution in [2.45, 2.75) is 20.4 Å². The second-order valence-corrected chi connectivity index (χ2v) is 4.93. The lowest BCUT2D eigenvalue weighted by atomic mass is 10.1. The van der Waals surface area contributed by atoms with Gasteiger partial charge in [0.25, 0.3) is 5.69 Å². The first-order valence-corrected chi connectivity index (χ1v) is 6.63. The summed E-state index contributed by atoms with van der Waals surface area (Å²) in [5.74, 6) is 0.801. The Morgan fingerprint density at radius 3 is 2.62 bits per heavy atom. The molecule has 2 aromatic rings. The van der Waals surface area contributed by atoms with Crippen LogP contribution < -0.4 is 10.1 Å². The highest BCUT2D eigenvalue weighted by Gasteiger charge is 2.11. The van der Waals surface area contributed by atoms with Crippen LogP contribution in [0, 0.1) is 24.0 Å². The molecule has 0 atom stereocenters. The molecule has 2 aromatic carbocycles. The van der Waals surface area contributed by atoms with Gasteiger partial charge in [0.15, 0.2) is 0 Å². The highest BCUT2D eigenvalue weighted by atomic mass is 16.6. The third-order valence-electron chi connectivity index (χ3n) is 3.32. The first kappa shape index (κ1) is 14.8. The third-order valence-corrected chi connectivity index (χ3v) is 3.32. The van der Waals surface area contributed by atoms with Crippen LogP contribution in [0.2, 0.25) is 0 Å². The molecule has 0 heterocycles. The van der Waals surface area contributed by atoms with Gasteiger partial charge in [0.1, 0.15) is 5.75 Å². The molecule has 110 valence electrons. The van der Waals surface area contributed by atoms with E-state index < -0.39 is 0 Å². The highest BCUT2D eigenvalue weighted by Crippen LogP contribution is 2.24. The highest BCUT2D eigenvalue weighted by molar-refractivity contribution is 5.55. The average Bonchev–Trinajstić information content (AvgIpc) is 2.46. The first-order valence-electron chi connectivity index (χ1n) is 6.63. The van der Waals surface area contributed by atoms with Crippen LogP contribution in [0.3, 0.4) is 0 Å². The summed E-state index contributed by atoms with van der Waals surface area (Å²) in [7, 11) is 1.63. The molecule has 0 aromatic heterocycles. The molecule has 0 fully saturated rings. The summed E-state index contributed by atoms with van der Waals surface area (Å²) in [5, 5.41) is 14.2. The minimum absolute atomic E-state index is 0.121. The fraction of sp³-hybridized carbons (Fsp3) is 0.250. The van der Waals surface area contributed by atoms with E-state index in [-0.39, 0.29) is 10.6 Å². The summed E-state index contributed by atoms with van der Waals surface area (Å²) in [6.07, 6.45) is 0. The number of methoxy groups -OCH3 is 1. The van der Waals surface area contributed by atoms with Gasteiger partial charge < -0.3 is 10.1 Å². The molecule has 5 heteroatoms.